The Morgan fingerprint density at radius 1 is 1.53 bits per heavy atom. The molecule has 0 unspecified atom stereocenters. The van der Waals surface area contributed by atoms with Crippen LogP contribution in [0.5, 0.6) is 0 Å². The second-order valence-electron chi connectivity index (χ2n) is 4.52. The van der Waals surface area contributed by atoms with Crippen molar-refractivity contribution >= 4 is 5.82 Å². The molecule has 0 atom stereocenters. The van der Waals surface area contributed by atoms with Crippen LogP contribution in [-0.2, 0) is 11.3 Å². The number of hydrogen-bond acceptors (Lipinski definition) is 5. The number of likely N-dealkylation sites (N-methyl/N-ethyl adjacent to an activating group) is 1. The molecule has 1 aromatic heterocycles. The maximum atomic E-state index is 5.65. The fourth-order valence-corrected chi connectivity index (χ4v) is 1.68. The van der Waals surface area contributed by atoms with Gasteiger partial charge in [0.1, 0.15) is 12.1 Å². The van der Waals surface area contributed by atoms with Crippen molar-refractivity contribution in [2.24, 2.45) is 11.7 Å². The molecular formula is C12H20N4O. The second-order valence-corrected chi connectivity index (χ2v) is 4.52. The number of anilines is 1. The molecular weight excluding hydrogens is 216 g/mol. The van der Waals surface area contributed by atoms with Gasteiger partial charge >= 0.3 is 0 Å². The van der Waals surface area contributed by atoms with Crippen LogP contribution in [0.25, 0.3) is 0 Å². The fraction of sp³-hybridized carbons (Fsp3) is 0.667. The SMILES string of the molecule is CN(CCOCC1CC1)c1ncncc1CN. The predicted octanol–water partition coefficient (Wildman–Crippen LogP) is 0.798. The molecule has 2 rings (SSSR count). The van der Waals surface area contributed by atoms with E-state index in [-0.39, 0.29) is 0 Å². The number of rotatable bonds is 7. The maximum absolute atomic E-state index is 5.65. The first kappa shape index (κ1) is 12.3. The molecule has 2 N–H and O–H groups in total. The lowest BCUT2D eigenvalue weighted by Gasteiger charge is -2.20. The molecule has 1 aliphatic rings. The summed E-state index contributed by atoms with van der Waals surface area (Å²) in [7, 11) is 2.00. The first-order valence-corrected chi connectivity index (χ1v) is 6.09. The van der Waals surface area contributed by atoms with Crippen LogP contribution in [0.2, 0.25) is 0 Å². The molecule has 1 heterocycles. The molecule has 0 aromatic carbocycles. The zero-order chi connectivity index (χ0) is 12.1. The summed E-state index contributed by atoms with van der Waals surface area (Å²) in [5.74, 6) is 1.72. The van der Waals surface area contributed by atoms with Crippen molar-refractivity contribution in [1.82, 2.24) is 9.97 Å². The van der Waals surface area contributed by atoms with Crippen LogP contribution in [-0.4, -0.2) is 36.8 Å². The molecule has 1 aliphatic carbocycles. The van der Waals surface area contributed by atoms with E-state index < -0.39 is 0 Å². The third-order valence-electron chi connectivity index (χ3n) is 2.97. The number of nitrogens with two attached hydrogens (primary N) is 1. The summed E-state index contributed by atoms with van der Waals surface area (Å²) in [5.41, 5.74) is 6.62. The lowest BCUT2D eigenvalue weighted by Crippen LogP contribution is -2.25. The van der Waals surface area contributed by atoms with E-state index in [1.54, 1.807) is 12.5 Å². The topological polar surface area (TPSA) is 64.3 Å². The van der Waals surface area contributed by atoms with Crippen LogP contribution in [0.1, 0.15) is 18.4 Å². The van der Waals surface area contributed by atoms with Crippen molar-refractivity contribution in [3.8, 4) is 0 Å². The van der Waals surface area contributed by atoms with E-state index in [0.717, 1.165) is 37.1 Å². The van der Waals surface area contributed by atoms with Crippen molar-refractivity contribution < 1.29 is 4.74 Å². The van der Waals surface area contributed by atoms with Crippen LogP contribution in [0.3, 0.4) is 0 Å². The number of aromatic nitrogens is 2. The van der Waals surface area contributed by atoms with E-state index in [2.05, 4.69) is 14.9 Å². The van der Waals surface area contributed by atoms with Gasteiger partial charge in [-0.1, -0.05) is 0 Å². The lowest BCUT2D eigenvalue weighted by atomic mass is 10.3. The van der Waals surface area contributed by atoms with Gasteiger partial charge in [-0.25, -0.2) is 9.97 Å². The Kier molecular flexibility index (Phi) is 4.28. The van der Waals surface area contributed by atoms with Crippen LogP contribution in [0.15, 0.2) is 12.5 Å². The molecule has 0 radical (unpaired) electrons. The molecule has 0 saturated heterocycles. The molecule has 17 heavy (non-hydrogen) atoms. The summed E-state index contributed by atoms with van der Waals surface area (Å²) in [5, 5.41) is 0. The summed E-state index contributed by atoms with van der Waals surface area (Å²) < 4.78 is 5.61. The molecule has 1 saturated carbocycles. The lowest BCUT2D eigenvalue weighted by molar-refractivity contribution is 0.130. The van der Waals surface area contributed by atoms with Crippen LogP contribution < -0.4 is 10.6 Å². The zero-order valence-electron chi connectivity index (χ0n) is 10.3. The Morgan fingerprint density at radius 2 is 2.35 bits per heavy atom. The maximum Gasteiger partial charge on any atom is 0.136 e. The number of ether oxygens (including phenoxy) is 1. The fourth-order valence-electron chi connectivity index (χ4n) is 1.68. The first-order chi connectivity index (χ1) is 8.31. The largest absolute Gasteiger partial charge is 0.379 e. The van der Waals surface area contributed by atoms with Crippen molar-refractivity contribution in [1.29, 1.82) is 0 Å². The quantitative estimate of drug-likeness (QED) is 0.709. The van der Waals surface area contributed by atoms with Gasteiger partial charge in [0.05, 0.1) is 6.61 Å². The van der Waals surface area contributed by atoms with Gasteiger partial charge in [-0.2, -0.15) is 0 Å². The summed E-state index contributed by atoms with van der Waals surface area (Å²) in [6.07, 6.45) is 5.98. The number of hydrogen-bond donors (Lipinski definition) is 1. The second kappa shape index (κ2) is 5.93. The average Bonchev–Trinajstić information content (AvgIpc) is 3.18. The summed E-state index contributed by atoms with van der Waals surface area (Å²) in [6.45, 7) is 2.93. The molecule has 1 aromatic rings. The van der Waals surface area contributed by atoms with E-state index in [1.807, 2.05) is 7.05 Å². The van der Waals surface area contributed by atoms with Gasteiger partial charge < -0.3 is 15.4 Å². The van der Waals surface area contributed by atoms with Crippen LogP contribution >= 0.6 is 0 Å². The molecule has 94 valence electrons. The molecule has 0 aliphatic heterocycles. The van der Waals surface area contributed by atoms with Crippen molar-refractivity contribution in [2.75, 3.05) is 31.7 Å². The van der Waals surface area contributed by atoms with Gasteiger partial charge in [0.25, 0.3) is 0 Å². The van der Waals surface area contributed by atoms with Gasteiger partial charge in [0.2, 0.25) is 0 Å². The standard InChI is InChI=1S/C12H20N4O/c1-16(4-5-17-8-10-2-3-10)12-11(6-13)7-14-9-15-12/h7,9-10H,2-6,8,13H2,1H3. The molecule has 1 fully saturated rings. The Labute approximate surface area is 102 Å². The van der Waals surface area contributed by atoms with Crippen molar-refractivity contribution in [2.45, 2.75) is 19.4 Å². The molecule has 0 spiro atoms. The minimum Gasteiger partial charge on any atom is -0.379 e. The Hall–Kier alpha value is -1.20. The molecule has 0 amide bonds. The van der Waals surface area contributed by atoms with Gasteiger partial charge in [-0.3, -0.25) is 0 Å². The normalized spacial score (nSPS) is 14.9. The highest BCUT2D eigenvalue weighted by Gasteiger charge is 2.21. The van der Waals surface area contributed by atoms with Crippen molar-refractivity contribution in [3.63, 3.8) is 0 Å². The Bertz CT molecular complexity index is 354. The Morgan fingerprint density at radius 3 is 3.06 bits per heavy atom. The van der Waals surface area contributed by atoms with Gasteiger partial charge in [0.15, 0.2) is 0 Å². The smallest absolute Gasteiger partial charge is 0.136 e. The predicted molar refractivity (Wildman–Crippen MR) is 66.7 cm³/mol. The van der Waals surface area contributed by atoms with E-state index in [9.17, 15) is 0 Å². The minimum absolute atomic E-state index is 0.462. The van der Waals surface area contributed by atoms with E-state index in [0.29, 0.717) is 6.54 Å². The number of nitrogens with zero attached hydrogens (tertiary/aromatic N) is 3. The monoisotopic (exact) mass is 236 g/mol. The van der Waals surface area contributed by atoms with E-state index in [1.165, 1.54) is 12.8 Å². The van der Waals surface area contributed by atoms with Gasteiger partial charge in [0, 0.05) is 38.5 Å². The third kappa shape index (κ3) is 3.64. The van der Waals surface area contributed by atoms with Crippen molar-refractivity contribution in [3.05, 3.63) is 18.1 Å². The van der Waals surface area contributed by atoms with Gasteiger partial charge in [-0.05, 0) is 18.8 Å². The van der Waals surface area contributed by atoms with E-state index >= 15 is 0 Å². The highest BCUT2D eigenvalue weighted by molar-refractivity contribution is 5.44. The third-order valence-corrected chi connectivity index (χ3v) is 2.97. The summed E-state index contributed by atoms with van der Waals surface area (Å²) in [6, 6.07) is 0. The van der Waals surface area contributed by atoms with Gasteiger partial charge in [-0.15, -0.1) is 0 Å². The average molecular weight is 236 g/mol. The molecule has 5 nitrogen and oxygen atoms in total. The van der Waals surface area contributed by atoms with Crippen LogP contribution in [0.4, 0.5) is 5.82 Å². The summed E-state index contributed by atoms with van der Waals surface area (Å²) >= 11 is 0. The zero-order valence-corrected chi connectivity index (χ0v) is 10.3. The molecule has 5 heteroatoms. The Balaban J connectivity index is 1.78. The first-order valence-electron chi connectivity index (χ1n) is 6.09. The summed E-state index contributed by atoms with van der Waals surface area (Å²) in [4.78, 5) is 10.3. The minimum atomic E-state index is 0.462. The highest BCUT2D eigenvalue weighted by atomic mass is 16.5. The molecule has 0 bridgehead atoms. The highest BCUT2D eigenvalue weighted by Crippen LogP contribution is 2.28. The van der Waals surface area contributed by atoms with Crippen LogP contribution in [0, 0.1) is 5.92 Å². The van der Waals surface area contributed by atoms with E-state index in [4.69, 9.17) is 10.5 Å².